The third kappa shape index (κ3) is 2.93. The van der Waals surface area contributed by atoms with Crippen LogP contribution in [0, 0.1) is 5.82 Å². The molecule has 0 saturated carbocycles. The van der Waals surface area contributed by atoms with Gasteiger partial charge in [-0.15, -0.1) is 12.4 Å². The molecule has 2 atom stereocenters. The number of nitrogens with zero attached hydrogens (tertiary/aromatic N) is 1. The predicted molar refractivity (Wildman–Crippen MR) is 78.4 cm³/mol. The van der Waals surface area contributed by atoms with E-state index in [9.17, 15) is 4.39 Å². The van der Waals surface area contributed by atoms with Gasteiger partial charge in [0.1, 0.15) is 5.82 Å². The van der Waals surface area contributed by atoms with E-state index in [0.717, 1.165) is 25.9 Å². The van der Waals surface area contributed by atoms with Crippen LogP contribution in [0.1, 0.15) is 36.4 Å². The number of aryl methyl sites for hydroxylation is 1. The van der Waals surface area contributed by atoms with E-state index in [0.29, 0.717) is 12.1 Å². The van der Waals surface area contributed by atoms with Gasteiger partial charge in [0.15, 0.2) is 0 Å². The van der Waals surface area contributed by atoms with E-state index in [2.05, 4.69) is 10.2 Å². The first-order chi connectivity index (χ1) is 8.78. The van der Waals surface area contributed by atoms with Crippen LogP contribution in [-0.4, -0.2) is 31.1 Å². The summed E-state index contributed by atoms with van der Waals surface area (Å²) in [5.41, 5.74) is 2.57. The molecule has 0 spiro atoms. The first-order valence-electron chi connectivity index (χ1n) is 6.97. The molecule has 1 N–H and O–H groups in total. The number of benzene rings is 1. The van der Waals surface area contributed by atoms with E-state index >= 15 is 0 Å². The highest BCUT2D eigenvalue weighted by atomic mass is 35.5. The van der Waals surface area contributed by atoms with Crippen LogP contribution in [0.3, 0.4) is 0 Å². The monoisotopic (exact) mass is 284 g/mol. The van der Waals surface area contributed by atoms with Crippen molar-refractivity contribution in [3.8, 4) is 0 Å². The summed E-state index contributed by atoms with van der Waals surface area (Å²) in [7, 11) is 2.04. The highest BCUT2D eigenvalue weighted by molar-refractivity contribution is 5.85. The summed E-state index contributed by atoms with van der Waals surface area (Å²) in [6.45, 7) is 2.25. The molecule has 1 saturated heterocycles. The fourth-order valence-electron chi connectivity index (χ4n) is 3.46. The van der Waals surface area contributed by atoms with Gasteiger partial charge in [0, 0.05) is 18.6 Å². The largest absolute Gasteiger partial charge is 0.316 e. The average molecular weight is 285 g/mol. The lowest BCUT2D eigenvalue weighted by Crippen LogP contribution is -2.45. The van der Waals surface area contributed by atoms with Crippen molar-refractivity contribution in [3.63, 3.8) is 0 Å². The van der Waals surface area contributed by atoms with E-state index < -0.39 is 0 Å². The molecule has 19 heavy (non-hydrogen) atoms. The molecule has 0 bridgehead atoms. The number of nitrogens with one attached hydrogen (secondary N) is 1. The Balaban J connectivity index is 0.00000133. The first-order valence-corrected chi connectivity index (χ1v) is 6.97. The molecular formula is C15H22ClFN2. The van der Waals surface area contributed by atoms with Crippen LogP contribution in [0.15, 0.2) is 18.2 Å². The Kier molecular flexibility index (Phi) is 4.82. The van der Waals surface area contributed by atoms with E-state index in [4.69, 9.17) is 0 Å². The van der Waals surface area contributed by atoms with Gasteiger partial charge in [-0.2, -0.15) is 0 Å². The van der Waals surface area contributed by atoms with E-state index in [1.807, 2.05) is 13.1 Å². The van der Waals surface area contributed by atoms with Crippen LogP contribution in [0.5, 0.6) is 0 Å². The van der Waals surface area contributed by atoms with E-state index in [-0.39, 0.29) is 18.2 Å². The van der Waals surface area contributed by atoms with Crippen LogP contribution in [0.4, 0.5) is 4.39 Å². The minimum absolute atomic E-state index is 0. The molecule has 4 heteroatoms. The zero-order valence-electron chi connectivity index (χ0n) is 11.4. The number of piperidine rings is 1. The number of hydrogen-bond donors (Lipinski definition) is 1. The molecule has 106 valence electrons. The second-order valence-corrected chi connectivity index (χ2v) is 5.52. The second-order valence-electron chi connectivity index (χ2n) is 5.52. The molecule has 1 heterocycles. The van der Waals surface area contributed by atoms with Crippen molar-refractivity contribution < 1.29 is 4.39 Å². The van der Waals surface area contributed by atoms with Crippen molar-refractivity contribution in [2.24, 2.45) is 0 Å². The van der Waals surface area contributed by atoms with Crippen LogP contribution < -0.4 is 5.32 Å². The van der Waals surface area contributed by atoms with Gasteiger partial charge in [0.05, 0.1) is 0 Å². The molecular weight excluding hydrogens is 263 g/mol. The Morgan fingerprint density at radius 2 is 2.16 bits per heavy atom. The number of halogens is 2. The molecule has 2 nitrogen and oxygen atoms in total. The number of hydrogen-bond acceptors (Lipinski definition) is 2. The number of likely N-dealkylation sites (tertiary alicyclic amines) is 1. The lowest BCUT2D eigenvalue weighted by molar-refractivity contribution is 0.139. The molecule has 0 aromatic heterocycles. The summed E-state index contributed by atoms with van der Waals surface area (Å²) in [5.74, 6) is -0.0946. The minimum atomic E-state index is -0.0946. The zero-order chi connectivity index (χ0) is 12.5. The quantitative estimate of drug-likeness (QED) is 0.898. The molecule has 1 aliphatic heterocycles. The Labute approximate surface area is 120 Å². The highest BCUT2D eigenvalue weighted by Gasteiger charge is 2.31. The van der Waals surface area contributed by atoms with Gasteiger partial charge < -0.3 is 5.32 Å². The second kappa shape index (κ2) is 6.21. The van der Waals surface area contributed by atoms with Crippen molar-refractivity contribution in [3.05, 3.63) is 35.1 Å². The SMILES string of the molecule is CNC1CCCN(C2CCc3ccc(F)cc32)C1.Cl. The van der Waals surface area contributed by atoms with Gasteiger partial charge >= 0.3 is 0 Å². The summed E-state index contributed by atoms with van der Waals surface area (Å²) in [5, 5.41) is 3.38. The third-order valence-corrected chi connectivity index (χ3v) is 4.46. The molecule has 0 radical (unpaired) electrons. The smallest absolute Gasteiger partial charge is 0.123 e. The Bertz CT molecular complexity index is 438. The number of fused-ring (bicyclic) bond motifs is 1. The van der Waals surface area contributed by atoms with Crippen molar-refractivity contribution in [1.82, 2.24) is 10.2 Å². The van der Waals surface area contributed by atoms with Crippen LogP contribution in [0.2, 0.25) is 0 Å². The van der Waals surface area contributed by atoms with Crippen molar-refractivity contribution in [2.75, 3.05) is 20.1 Å². The van der Waals surface area contributed by atoms with Crippen LogP contribution in [0.25, 0.3) is 0 Å². The number of rotatable bonds is 2. The minimum Gasteiger partial charge on any atom is -0.316 e. The Hall–Kier alpha value is -0.640. The first kappa shape index (κ1) is 14.8. The topological polar surface area (TPSA) is 15.3 Å². The fourth-order valence-corrected chi connectivity index (χ4v) is 3.46. The zero-order valence-corrected chi connectivity index (χ0v) is 12.2. The fraction of sp³-hybridized carbons (Fsp3) is 0.600. The summed E-state index contributed by atoms with van der Waals surface area (Å²) < 4.78 is 13.4. The van der Waals surface area contributed by atoms with Crippen molar-refractivity contribution in [1.29, 1.82) is 0 Å². The molecule has 1 aromatic carbocycles. The van der Waals surface area contributed by atoms with Gasteiger partial charge in [-0.3, -0.25) is 4.90 Å². The van der Waals surface area contributed by atoms with Crippen molar-refractivity contribution >= 4 is 12.4 Å². The normalized spacial score (nSPS) is 26.8. The van der Waals surface area contributed by atoms with Gasteiger partial charge in [-0.05, 0) is 62.5 Å². The van der Waals surface area contributed by atoms with Crippen LogP contribution >= 0.6 is 12.4 Å². The maximum absolute atomic E-state index is 13.4. The average Bonchev–Trinajstić information content (AvgIpc) is 2.81. The summed E-state index contributed by atoms with van der Waals surface area (Å²) in [6, 6.07) is 6.33. The van der Waals surface area contributed by atoms with Gasteiger partial charge in [0.2, 0.25) is 0 Å². The lowest BCUT2D eigenvalue weighted by atomic mass is 10.0. The molecule has 2 unspecified atom stereocenters. The maximum atomic E-state index is 13.4. The van der Waals surface area contributed by atoms with Crippen LogP contribution in [-0.2, 0) is 6.42 Å². The van der Waals surface area contributed by atoms with E-state index in [1.165, 1.54) is 24.0 Å². The van der Waals surface area contributed by atoms with E-state index in [1.54, 1.807) is 12.1 Å². The van der Waals surface area contributed by atoms with Gasteiger partial charge in [-0.1, -0.05) is 6.07 Å². The molecule has 3 rings (SSSR count). The lowest BCUT2D eigenvalue weighted by Gasteiger charge is -2.37. The molecule has 1 aromatic rings. The molecule has 1 fully saturated rings. The maximum Gasteiger partial charge on any atom is 0.123 e. The highest BCUT2D eigenvalue weighted by Crippen LogP contribution is 2.37. The molecule has 1 aliphatic carbocycles. The summed E-state index contributed by atoms with van der Waals surface area (Å²) in [6.07, 6.45) is 4.75. The predicted octanol–water partition coefficient (Wildman–Crippen LogP) is 2.92. The van der Waals surface area contributed by atoms with Gasteiger partial charge in [0.25, 0.3) is 0 Å². The van der Waals surface area contributed by atoms with Crippen molar-refractivity contribution in [2.45, 2.75) is 37.8 Å². The molecule has 2 aliphatic rings. The van der Waals surface area contributed by atoms with Gasteiger partial charge in [-0.25, -0.2) is 4.39 Å². The molecule has 0 amide bonds. The standard InChI is InChI=1S/C15H21FN2.ClH/c1-17-13-3-2-8-18(10-13)15-7-5-11-4-6-12(16)9-14(11)15;/h4,6,9,13,15,17H,2-3,5,7-8,10H2,1H3;1H. The Morgan fingerprint density at radius 3 is 2.95 bits per heavy atom. The Morgan fingerprint density at radius 1 is 1.32 bits per heavy atom. The summed E-state index contributed by atoms with van der Waals surface area (Å²) >= 11 is 0. The number of likely N-dealkylation sites (N-methyl/N-ethyl adjacent to an activating group) is 1. The third-order valence-electron chi connectivity index (χ3n) is 4.46. The summed E-state index contributed by atoms with van der Waals surface area (Å²) in [4.78, 5) is 2.54.